The van der Waals surface area contributed by atoms with Crippen LogP contribution in [0.5, 0.6) is 0 Å². The summed E-state index contributed by atoms with van der Waals surface area (Å²) in [7, 11) is 1.89. The van der Waals surface area contributed by atoms with Gasteiger partial charge in [0.15, 0.2) is 0 Å². The third-order valence-electron chi connectivity index (χ3n) is 2.54. The van der Waals surface area contributed by atoms with Gasteiger partial charge < -0.3 is 5.32 Å². The Balaban J connectivity index is 2.85. The number of hydrogen-bond acceptors (Lipinski definition) is 1. The minimum absolute atomic E-state index is 0.154. The average molecular weight is 286 g/mol. The van der Waals surface area contributed by atoms with E-state index < -0.39 is 0 Å². The molecule has 0 aliphatic carbocycles. The number of benzene rings is 1. The lowest BCUT2D eigenvalue weighted by Crippen LogP contribution is -2.17. The first-order valence-corrected chi connectivity index (χ1v) is 6.10. The molecule has 0 aliphatic rings. The van der Waals surface area contributed by atoms with E-state index in [4.69, 9.17) is 0 Å². The molecule has 1 aromatic rings. The molecule has 0 aliphatic heterocycles. The molecular weight excluding hydrogens is 269 g/mol. The zero-order valence-electron chi connectivity index (χ0n) is 9.69. The first kappa shape index (κ1) is 13.4. The summed E-state index contributed by atoms with van der Waals surface area (Å²) in [6.45, 7) is 5.89. The van der Waals surface area contributed by atoms with Gasteiger partial charge in [-0.15, -0.1) is 6.58 Å². The Kier molecular flexibility index (Phi) is 5.16. The first-order chi connectivity index (χ1) is 7.54. The van der Waals surface area contributed by atoms with E-state index in [1.807, 2.05) is 14.0 Å². The molecule has 0 spiro atoms. The van der Waals surface area contributed by atoms with Crippen LogP contribution in [0.15, 0.2) is 34.8 Å². The fourth-order valence-corrected chi connectivity index (χ4v) is 2.15. The van der Waals surface area contributed by atoms with Crippen molar-refractivity contribution in [2.24, 2.45) is 0 Å². The molecule has 0 saturated carbocycles. The van der Waals surface area contributed by atoms with Crippen LogP contribution >= 0.6 is 15.9 Å². The van der Waals surface area contributed by atoms with Crippen molar-refractivity contribution in [1.29, 1.82) is 0 Å². The highest BCUT2D eigenvalue weighted by atomic mass is 79.9. The van der Waals surface area contributed by atoms with Gasteiger partial charge >= 0.3 is 0 Å². The predicted octanol–water partition coefficient (Wildman–Crippen LogP) is 4.21. The van der Waals surface area contributed by atoms with Crippen molar-refractivity contribution in [3.63, 3.8) is 0 Å². The largest absolute Gasteiger partial charge is 0.313 e. The molecule has 1 nitrogen and oxygen atoms in total. The Morgan fingerprint density at radius 1 is 1.56 bits per heavy atom. The maximum absolute atomic E-state index is 13.2. The standard InChI is InChI=1S/C13H17BrFN/c1-9(2)4-7-13(16-3)11-8-10(15)5-6-12(11)14/h5-6,8,13,16H,1,4,7H2,2-3H3. The van der Waals surface area contributed by atoms with Crippen LogP contribution in [0.25, 0.3) is 0 Å². The van der Waals surface area contributed by atoms with Crippen molar-refractivity contribution >= 4 is 15.9 Å². The second-order valence-corrected chi connectivity index (χ2v) is 4.86. The van der Waals surface area contributed by atoms with Crippen LogP contribution in [0.2, 0.25) is 0 Å². The van der Waals surface area contributed by atoms with Crippen molar-refractivity contribution < 1.29 is 4.39 Å². The van der Waals surface area contributed by atoms with Crippen molar-refractivity contribution in [3.8, 4) is 0 Å². The van der Waals surface area contributed by atoms with Crippen LogP contribution in [0.4, 0.5) is 4.39 Å². The number of hydrogen-bond donors (Lipinski definition) is 1. The van der Waals surface area contributed by atoms with Gasteiger partial charge in [-0.1, -0.05) is 21.5 Å². The van der Waals surface area contributed by atoms with E-state index in [0.717, 1.165) is 28.5 Å². The van der Waals surface area contributed by atoms with Gasteiger partial charge in [-0.3, -0.25) is 0 Å². The molecule has 0 amide bonds. The molecule has 1 atom stereocenters. The Labute approximate surface area is 105 Å². The quantitative estimate of drug-likeness (QED) is 0.800. The molecule has 0 radical (unpaired) electrons. The Morgan fingerprint density at radius 2 is 2.25 bits per heavy atom. The van der Waals surface area contributed by atoms with Crippen LogP contribution in [0, 0.1) is 5.82 Å². The topological polar surface area (TPSA) is 12.0 Å². The average Bonchev–Trinajstić information content (AvgIpc) is 2.23. The third kappa shape index (κ3) is 3.72. The smallest absolute Gasteiger partial charge is 0.123 e. The Hall–Kier alpha value is -0.670. The maximum atomic E-state index is 13.2. The van der Waals surface area contributed by atoms with Gasteiger partial charge in [0.25, 0.3) is 0 Å². The maximum Gasteiger partial charge on any atom is 0.123 e. The van der Waals surface area contributed by atoms with E-state index >= 15 is 0 Å². The van der Waals surface area contributed by atoms with Crippen molar-refractivity contribution in [1.82, 2.24) is 5.32 Å². The number of allylic oxidation sites excluding steroid dienone is 1. The molecule has 1 unspecified atom stereocenters. The van der Waals surface area contributed by atoms with Gasteiger partial charge in [-0.2, -0.15) is 0 Å². The van der Waals surface area contributed by atoms with Gasteiger partial charge in [-0.25, -0.2) is 4.39 Å². The predicted molar refractivity (Wildman–Crippen MR) is 69.9 cm³/mol. The molecule has 0 saturated heterocycles. The summed E-state index contributed by atoms with van der Waals surface area (Å²) in [5.41, 5.74) is 2.11. The second-order valence-electron chi connectivity index (χ2n) is 4.00. The molecule has 1 aromatic carbocycles. The normalized spacial score (nSPS) is 12.5. The van der Waals surface area contributed by atoms with Crippen LogP contribution < -0.4 is 5.32 Å². The van der Waals surface area contributed by atoms with Crippen LogP contribution in [-0.4, -0.2) is 7.05 Å². The van der Waals surface area contributed by atoms with E-state index in [2.05, 4.69) is 27.8 Å². The highest BCUT2D eigenvalue weighted by Gasteiger charge is 2.13. The van der Waals surface area contributed by atoms with E-state index in [1.54, 1.807) is 12.1 Å². The number of nitrogens with one attached hydrogen (secondary N) is 1. The van der Waals surface area contributed by atoms with Gasteiger partial charge in [0, 0.05) is 10.5 Å². The van der Waals surface area contributed by atoms with Gasteiger partial charge in [0.2, 0.25) is 0 Å². The van der Waals surface area contributed by atoms with E-state index in [1.165, 1.54) is 6.07 Å². The molecular formula is C13H17BrFN. The third-order valence-corrected chi connectivity index (χ3v) is 3.26. The number of rotatable bonds is 5. The molecule has 0 bridgehead atoms. The highest BCUT2D eigenvalue weighted by Crippen LogP contribution is 2.27. The summed E-state index contributed by atoms with van der Waals surface area (Å²) in [4.78, 5) is 0. The lowest BCUT2D eigenvalue weighted by Gasteiger charge is -2.18. The van der Waals surface area contributed by atoms with E-state index in [0.29, 0.717) is 0 Å². The molecule has 0 heterocycles. The Bertz CT molecular complexity index is 376. The summed E-state index contributed by atoms with van der Waals surface area (Å²) in [5, 5.41) is 3.20. The van der Waals surface area contributed by atoms with E-state index in [9.17, 15) is 4.39 Å². The summed E-state index contributed by atoms with van der Waals surface area (Å²) in [6.07, 6.45) is 1.86. The summed E-state index contributed by atoms with van der Waals surface area (Å²) in [5.74, 6) is -0.200. The van der Waals surface area contributed by atoms with Gasteiger partial charge in [0.1, 0.15) is 5.82 Å². The molecule has 0 fully saturated rings. The molecule has 0 aromatic heterocycles. The first-order valence-electron chi connectivity index (χ1n) is 5.31. The summed E-state index contributed by atoms with van der Waals surface area (Å²) >= 11 is 3.45. The van der Waals surface area contributed by atoms with Crippen LogP contribution in [0.3, 0.4) is 0 Å². The van der Waals surface area contributed by atoms with Crippen molar-refractivity contribution in [2.75, 3.05) is 7.05 Å². The van der Waals surface area contributed by atoms with Gasteiger partial charge in [-0.05, 0) is 50.6 Å². The molecule has 88 valence electrons. The minimum atomic E-state index is -0.200. The molecule has 1 rings (SSSR count). The second kappa shape index (κ2) is 6.16. The lowest BCUT2D eigenvalue weighted by molar-refractivity contribution is 0.539. The molecule has 1 N–H and O–H groups in total. The SMILES string of the molecule is C=C(C)CCC(NC)c1cc(F)ccc1Br. The Morgan fingerprint density at radius 3 is 2.81 bits per heavy atom. The fourth-order valence-electron chi connectivity index (χ4n) is 1.63. The monoisotopic (exact) mass is 285 g/mol. The van der Waals surface area contributed by atoms with Gasteiger partial charge in [0.05, 0.1) is 0 Å². The van der Waals surface area contributed by atoms with Crippen LogP contribution in [-0.2, 0) is 0 Å². The van der Waals surface area contributed by atoms with Crippen LogP contribution in [0.1, 0.15) is 31.4 Å². The zero-order valence-corrected chi connectivity index (χ0v) is 11.3. The summed E-state index contributed by atoms with van der Waals surface area (Å²) < 4.78 is 14.1. The fraction of sp³-hybridized carbons (Fsp3) is 0.385. The molecule has 16 heavy (non-hydrogen) atoms. The highest BCUT2D eigenvalue weighted by molar-refractivity contribution is 9.10. The number of halogens is 2. The van der Waals surface area contributed by atoms with Crippen molar-refractivity contribution in [3.05, 3.63) is 46.2 Å². The molecule has 3 heteroatoms. The zero-order chi connectivity index (χ0) is 12.1. The van der Waals surface area contributed by atoms with Crippen molar-refractivity contribution in [2.45, 2.75) is 25.8 Å². The minimum Gasteiger partial charge on any atom is -0.313 e. The lowest BCUT2D eigenvalue weighted by atomic mass is 10.00. The van der Waals surface area contributed by atoms with E-state index in [-0.39, 0.29) is 11.9 Å². The summed E-state index contributed by atoms with van der Waals surface area (Å²) in [6, 6.07) is 4.93.